The number of ether oxygens (including phenoxy) is 1. The summed E-state index contributed by atoms with van der Waals surface area (Å²) in [6, 6.07) is 3.90. The predicted octanol–water partition coefficient (Wildman–Crippen LogP) is 1.38. The van der Waals surface area contributed by atoms with Gasteiger partial charge in [-0.05, 0) is 19.9 Å². The number of nitrogens with zero attached hydrogens (tertiary/aromatic N) is 2. The van der Waals surface area contributed by atoms with Crippen molar-refractivity contribution >= 4 is 17.3 Å². The quantitative estimate of drug-likeness (QED) is 0.446. The maximum absolute atomic E-state index is 12.3. The third-order valence-corrected chi connectivity index (χ3v) is 2.82. The van der Waals surface area contributed by atoms with Gasteiger partial charge >= 0.3 is 0 Å². The summed E-state index contributed by atoms with van der Waals surface area (Å²) in [5, 5.41) is 10.8. The van der Waals surface area contributed by atoms with Crippen molar-refractivity contribution in [1.82, 2.24) is 4.90 Å². The molecule has 0 spiro atoms. The van der Waals surface area contributed by atoms with Gasteiger partial charge in [-0.3, -0.25) is 20.8 Å². The fraction of sp³-hybridized carbons (Fsp3) is 0.462. The third-order valence-electron chi connectivity index (χ3n) is 2.82. The molecule has 0 saturated heterocycles. The molecule has 3 N–H and O–H groups in total. The first-order chi connectivity index (χ1) is 9.86. The molecule has 116 valence electrons. The number of rotatable bonds is 7. The summed E-state index contributed by atoms with van der Waals surface area (Å²) in [7, 11) is 1.60. The first kappa shape index (κ1) is 16.9. The van der Waals surface area contributed by atoms with Crippen LogP contribution in [-0.2, 0) is 4.74 Å². The molecule has 8 nitrogen and oxygen atoms in total. The fourth-order valence-corrected chi connectivity index (χ4v) is 1.68. The van der Waals surface area contributed by atoms with E-state index in [-0.39, 0.29) is 23.3 Å². The van der Waals surface area contributed by atoms with Crippen molar-refractivity contribution in [2.75, 3.05) is 25.6 Å². The normalized spacial score (nSPS) is 10.5. The highest BCUT2D eigenvalue weighted by atomic mass is 16.6. The van der Waals surface area contributed by atoms with Crippen LogP contribution in [0.4, 0.5) is 11.4 Å². The number of hydrogen-bond donors (Lipinski definition) is 2. The molecule has 0 aliphatic rings. The maximum Gasteiger partial charge on any atom is 0.270 e. The van der Waals surface area contributed by atoms with Gasteiger partial charge in [-0.15, -0.1) is 0 Å². The van der Waals surface area contributed by atoms with Crippen molar-refractivity contribution < 1.29 is 14.5 Å². The number of nitrogens with one attached hydrogen (secondary N) is 1. The highest BCUT2D eigenvalue weighted by Gasteiger charge is 2.19. The van der Waals surface area contributed by atoms with Crippen molar-refractivity contribution in [2.45, 2.75) is 20.0 Å². The minimum Gasteiger partial charge on any atom is -0.377 e. The number of amides is 1. The first-order valence-electron chi connectivity index (χ1n) is 6.49. The molecule has 1 aromatic rings. The predicted molar refractivity (Wildman–Crippen MR) is 79.0 cm³/mol. The molecule has 0 aromatic heterocycles. The fourth-order valence-electron chi connectivity index (χ4n) is 1.68. The van der Waals surface area contributed by atoms with Crippen LogP contribution in [0.15, 0.2) is 18.2 Å². The smallest absolute Gasteiger partial charge is 0.270 e. The number of carbonyl (C=O) groups is 1. The molecule has 21 heavy (non-hydrogen) atoms. The van der Waals surface area contributed by atoms with E-state index in [2.05, 4.69) is 5.43 Å². The van der Waals surface area contributed by atoms with Crippen molar-refractivity contribution in [3.05, 3.63) is 33.9 Å². The van der Waals surface area contributed by atoms with Crippen molar-refractivity contribution in [3.63, 3.8) is 0 Å². The Morgan fingerprint density at radius 1 is 1.52 bits per heavy atom. The third kappa shape index (κ3) is 4.69. The van der Waals surface area contributed by atoms with E-state index in [0.29, 0.717) is 18.8 Å². The monoisotopic (exact) mass is 296 g/mol. The summed E-state index contributed by atoms with van der Waals surface area (Å²) in [6.07, 6.45) is 0.0765. The number of likely N-dealkylation sites (N-methyl/N-ethyl adjacent to an activating group) is 1. The van der Waals surface area contributed by atoms with Gasteiger partial charge in [0.1, 0.15) is 0 Å². The van der Waals surface area contributed by atoms with E-state index in [9.17, 15) is 14.9 Å². The number of hydrogen-bond acceptors (Lipinski definition) is 6. The Bertz CT molecular complexity index is 519. The maximum atomic E-state index is 12.3. The molecule has 8 heteroatoms. The lowest BCUT2D eigenvalue weighted by molar-refractivity contribution is -0.384. The van der Waals surface area contributed by atoms with Crippen LogP contribution in [0.2, 0.25) is 0 Å². The number of anilines is 1. The Kier molecular flexibility index (Phi) is 6.07. The molecular weight excluding hydrogens is 276 g/mol. The second kappa shape index (κ2) is 7.55. The second-order valence-corrected chi connectivity index (χ2v) is 4.78. The lowest BCUT2D eigenvalue weighted by Crippen LogP contribution is -2.31. The molecule has 0 saturated carbocycles. The average molecular weight is 296 g/mol. The van der Waals surface area contributed by atoms with Gasteiger partial charge in [0.2, 0.25) is 0 Å². The van der Waals surface area contributed by atoms with Gasteiger partial charge in [0, 0.05) is 25.7 Å². The molecule has 0 atom stereocenters. The molecule has 1 rings (SSSR count). The number of nitro groups is 1. The number of nitro benzene ring substituents is 1. The number of benzene rings is 1. The van der Waals surface area contributed by atoms with Crippen LogP contribution >= 0.6 is 0 Å². The Balaban J connectivity index is 2.89. The highest BCUT2D eigenvalue weighted by Crippen LogP contribution is 2.22. The molecule has 0 unspecified atom stereocenters. The Hall–Kier alpha value is -2.19. The highest BCUT2D eigenvalue weighted by molar-refractivity contribution is 6.00. The van der Waals surface area contributed by atoms with E-state index in [1.165, 1.54) is 23.1 Å². The molecule has 0 aliphatic heterocycles. The Morgan fingerprint density at radius 2 is 2.19 bits per heavy atom. The van der Waals surface area contributed by atoms with Crippen molar-refractivity contribution in [3.8, 4) is 0 Å². The SMILES string of the molecule is CC(C)OCCN(C)C(=O)c1cc([N+](=O)[O-])ccc1NN. The standard InChI is InChI=1S/C13H20N4O4/c1-9(2)21-7-6-16(3)13(18)11-8-10(17(19)20)4-5-12(11)15-14/h4-5,8-9,15H,6-7,14H2,1-3H3. The summed E-state index contributed by atoms with van der Waals surface area (Å²) in [5.74, 6) is 4.98. The van der Waals surface area contributed by atoms with E-state index in [4.69, 9.17) is 10.6 Å². The number of hydrazine groups is 1. The van der Waals surface area contributed by atoms with Gasteiger partial charge in [-0.1, -0.05) is 0 Å². The van der Waals surface area contributed by atoms with Crippen molar-refractivity contribution in [1.29, 1.82) is 0 Å². The zero-order chi connectivity index (χ0) is 16.0. The van der Waals surface area contributed by atoms with Crippen LogP contribution in [-0.4, -0.2) is 42.0 Å². The second-order valence-electron chi connectivity index (χ2n) is 4.78. The molecule has 0 radical (unpaired) electrons. The summed E-state index contributed by atoms with van der Waals surface area (Å²) in [4.78, 5) is 24.0. The lowest BCUT2D eigenvalue weighted by atomic mass is 10.1. The average Bonchev–Trinajstić information content (AvgIpc) is 2.45. The first-order valence-corrected chi connectivity index (χ1v) is 6.49. The van der Waals surface area contributed by atoms with Gasteiger partial charge in [-0.25, -0.2) is 0 Å². The van der Waals surface area contributed by atoms with Gasteiger partial charge in [0.05, 0.1) is 28.9 Å². The molecule has 1 aromatic carbocycles. The van der Waals surface area contributed by atoms with Crippen LogP contribution in [0.3, 0.4) is 0 Å². The van der Waals surface area contributed by atoms with Crippen molar-refractivity contribution in [2.24, 2.45) is 5.84 Å². The summed E-state index contributed by atoms with van der Waals surface area (Å²) in [6.45, 7) is 4.57. The molecule has 0 heterocycles. The molecule has 0 bridgehead atoms. The van der Waals surface area contributed by atoms with Gasteiger partial charge < -0.3 is 15.1 Å². The molecular formula is C13H20N4O4. The Morgan fingerprint density at radius 3 is 2.71 bits per heavy atom. The lowest BCUT2D eigenvalue weighted by Gasteiger charge is -2.19. The van der Waals surface area contributed by atoms with Gasteiger partial charge in [0.25, 0.3) is 11.6 Å². The van der Waals surface area contributed by atoms with Crippen LogP contribution in [0.25, 0.3) is 0 Å². The zero-order valence-electron chi connectivity index (χ0n) is 12.3. The zero-order valence-corrected chi connectivity index (χ0v) is 12.3. The summed E-state index contributed by atoms with van der Waals surface area (Å²) < 4.78 is 5.37. The minimum atomic E-state index is -0.557. The summed E-state index contributed by atoms with van der Waals surface area (Å²) in [5.41, 5.74) is 2.69. The molecule has 0 fully saturated rings. The van der Waals surface area contributed by atoms with Crippen LogP contribution in [0.1, 0.15) is 24.2 Å². The number of nitrogens with two attached hydrogens (primary N) is 1. The van der Waals surface area contributed by atoms with Crippen LogP contribution in [0.5, 0.6) is 0 Å². The molecule has 1 amide bonds. The van der Waals surface area contributed by atoms with E-state index < -0.39 is 4.92 Å². The molecule has 0 aliphatic carbocycles. The van der Waals surface area contributed by atoms with Crippen LogP contribution < -0.4 is 11.3 Å². The minimum absolute atomic E-state index is 0.0765. The van der Waals surface area contributed by atoms with E-state index in [1.807, 2.05) is 13.8 Å². The van der Waals surface area contributed by atoms with Gasteiger partial charge in [-0.2, -0.15) is 0 Å². The van der Waals surface area contributed by atoms with E-state index in [0.717, 1.165) is 0 Å². The van der Waals surface area contributed by atoms with Gasteiger partial charge in [0.15, 0.2) is 0 Å². The topological polar surface area (TPSA) is 111 Å². The van der Waals surface area contributed by atoms with E-state index >= 15 is 0 Å². The Labute approximate surface area is 123 Å². The van der Waals surface area contributed by atoms with Crippen LogP contribution in [0, 0.1) is 10.1 Å². The van der Waals surface area contributed by atoms with E-state index in [1.54, 1.807) is 7.05 Å². The number of non-ortho nitro benzene ring substituents is 1. The number of nitrogen functional groups attached to an aromatic ring is 1. The number of carbonyl (C=O) groups excluding carboxylic acids is 1. The largest absolute Gasteiger partial charge is 0.377 e. The summed E-state index contributed by atoms with van der Waals surface area (Å²) >= 11 is 0.